The molecule has 1 aromatic carbocycles. The van der Waals surface area contributed by atoms with E-state index in [0.29, 0.717) is 90.2 Å². The first-order chi connectivity index (χ1) is 27.0. The van der Waals surface area contributed by atoms with E-state index in [4.69, 9.17) is 38.9 Å². The van der Waals surface area contributed by atoms with Crippen LogP contribution in [0.3, 0.4) is 0 Å². The van der Waals surface area contributed by atoms with Gasteiger partial charge in [0.25, 0.3) is 0 Å². The van der Waals surface area contributed by atoms with Gasteiger partial charge < -0.3 is 39.3 Å². The molecule has 298 valence electrons. The van der Waals surface area contributed by atoms with Crippen LogP contribution in [0.15, 0.2) is 24.4 Å². The van der Waals surface area contributed by atoms with E-state index >= 15 is 0 Å². The van der Waals surface area contributed by atoms with Crippen LogP contribution in [0.5, 0.6) is 23.1 Å². The minimum atomic E-state index is -0.651. The van der Waals surface area contributed by atoms with Crippen LogP contribution in [0.2, 0.25) is 0 Å². The van der Waals surface area contributed by atoms with Gasteiger partial charge in [-0.25, -0.2) is 15.0 Å². The lowest BCUT2D eigenvalue weighted by atomic mass is 9.98. The van der Waals surface area contributed by atoms with Crippen molar-refractivity contribution < 1.29 is 43.9 Å². The van der Waals surface area contributed by atoms with Crippen molar-refractivity contribution in [3.05, 3.63) is 58.3 Å². The van der Waals surface area contributed by atoms with Crippen molar-refractivity contribution in [2.45, 2.75) is 86.5 Å². The zero-order valence-electron chi connectivity index (χ0n) is 33.2. The number of ether oxygens (including phenoxy) is 4. The highest BCUT2D eigenvalue weighted by molar-refractivity contribution is 5.99. The number of aromatic nitrogens is 5. The van der Waals surface area contributed by atoms with E-state index < -0.39 is 11.9 Å². The molecule has 0 amide bonds. The highest BCUT2D eigenvalue weighted by Crippen LogP contribution is 2.45. The van der Waals surface area contributed by atoms with Crippen molar-refractivity contribution in [1.29, 1.82) is 0 Å². The molecule has 0 aliphatic carbocycles. The number of hydrogen-bond donors (Lipinski definition) is 4. The molecule has 0 fully saturated rings. The number of H-pyrrole nitrogens is 1. The Hall–Kier alpha value is -5.44. The van der Waals surface area contributed by atoms with Gasteiger partial charge >= 0.3 is 11.9 Å². The van der Waals surface area contributed by atoms with Crippen LogP contribution in [-0.4, -0.2) is 85.7 Å². The van der Waals surface area contributed by atoms with Crippen LogP contribution in [0, 0.1) is 0 Å². The smallest absolute Gasteiger partial charge is 0.309 e. The SMILES string of the molecule is CCc1c(CC)c2cc3nc(c(OC(C)=O)c4nc(c(OC(C)=O)nc5cc(OC)c(OCCCO)cc5ncc1[nH]2)C(C)=C4CCCO)C(C)=C3CCCO. The molecule has 3 aromatic rings. The fourth-order valence-corrected chi connectivity index (χ4v) is 6.97. The Morgan fingerprint density at radius 2 is 1.34 bits per heavy atom. The van der Waals surface area contributed by atoms with Crippen LogP contribution in [0.25, 0.3) is 44.4 Å². The first-order valence-corrected chi connectivity index (χ1v) is 19.0. The van der Waals surface area contributed by atoms with Crippen molar-refractivity contribution >= 4 is 56.3 Å². The maximum absolute atomic E-state index is 12.9. The summed E-state index contributed by atoms with van der Waals surface area (Å²) in [6.45, 7) is 10.5. The molecule has 0 unspecified atom stereocenters. The summed E-state index contributed by atoms with van der Waals surface area (Å²) in [5.74, 6) is -0.564. The molecule has 0 saturated heterocycles. The van der Waals surface area contributed by atoms with Crippen molar-refractivity contribution in [2.24, 2.45) is 0 Å². The van der Waals surface area contributed by atoms with Gasteiger partial charge in [0.1, 0.15) is 17.1 Å². The first-order valence-electron chi connectivity index (χ1n) is 19.0. The van der Waals surface area contributed by atoms with Gasteiger partial charge in [-0.2, -0.15) is 0 Å². The molecular formula is C42H51N5O9. The fraction of sp³-hybridized carbons (Fsp3) is 0.429. The van der Waals surface area contributed by atoms with Gasteiger partial charge in [0.05, 0.1) is 42.2 Å². The first kappa shape index (κ1) is 41.7. The highest BCUT2D eigenvalue weighted by atomic mass is 16.5. The Morgan fingerprint density at radius 1 is 0.714 bits per heavy atom. The van der Waals surface area contributed by atoms with Crippen molar-refractivity contribution in [3.8, 4) is 23.1 Å². The minimum absolute atomic E-state index is 0.0265. The Bertz CT molecular complexity index is 2260. The summed E-state index contributed by atoms with van der Waals surface area (Å²) in [6, 6.07) is 5.28. The van der Waals surface area contributed by atoms with E-state index in [1.807, 2.05) is 13.0 Å². The molecule has 0 saturated carbocycles. The summed E-state index contributed by atoms with van der Waals surface area (Å²) in [5.41, 5.74) is 8.80. The van der Waals surface area contributed by atoms with Crippen molar-refractivity contribution in [1.82, 2.24) is 24.9 Å². The average Bonchev–Trinajstić information content (AvgIpc) is 3.79. The second-order valence-corrected chi connectivity index (χ2v) is 13.4. The number of hydrogen-bond acceptors (Lipinski definition) is 13. The number of allylic oxidation sites excluding steroid dienone is 4. The van der Waals surface area contributed by atoms with Crippen molar-refractivity contribution in [3.63, 3.8) is 0 Å². The molecule has 2 aliphatic rings. The predicted octanol–water partition coefficient (Wildman–Crippen LogP) is 6.49. The lowest BCUT2D eigenvalue weighted by Gasteiger charge is -2.11. The van der Waals surface area contributed by atoms with Crippen LogP contribution in [-0.2, 0) is 22.4 Å². The number of rotatable bonds is 15. The standard InChI is InChI=1S/C42H51N5O9/c1-8-27-28(9-2)35-22-43-33-20-37(54-18-12-17-50)36(53-7)21-34(33)46-42(56-26(6)52)39-24(4)30(14-11-16-49)40(47-39)41(55-25(5)51)38-23(3)29(13-10-15-48)32(45-38)19-31(27)44-35/h19-22,44,48-50H,8-18H2,1-7H3. The summed E-state index contributed by atoms with van der Waals surface area (Å²) in [6.07, 6.45) is 5.23. The molecule has 14 heteroatoms. The number of aromatic amines is 1. The number of esters is 2. The van der Waals surface area contributed by atoms with Crippen LogP contribution >= 0.6 is 0 Å². The number of nitrogens with one attached hydrogen (secondary N) is 1. The van der Waals surface area contributed by atoms with Crippen molar-refractivity contribution in [2.75, 3.05) is 33.5 Å². The summed E-state index contributed by atoms with van der Waals surface area (Å²) >= 11 is 0. The summed E-state index contributed by atoms with van der Waals surface area (Å²) in [7, 11) is 1.49. The summed E-state index contributed by atoms with van der Waals surface area (Å²) in [5, 5.41) is 29.2. The number of benzene rings is 1. The summed E-state index contributed by atoms with van der Waals surface area (Å²) in [4.78, 5) is 49.0. The second kappa shape index (κ2) is 18.9. The van der Waals surface area contributed by atoms with Crippen LogP contribution in [0.1, 0.15) is 108 Å². The number of carbonyl (C=O) groups is 2. The molecule has 5 rings (SSSR count). The quantitative estimate of drug-likeness (QED) is 0.0967. The molecule has 2 aromatic heterocycles. The maximum atomic E-state index is 12.9. The Kier molecular flexibility index (Phi) is 14.1. The third-order valence-corrected chi connectivity index (χ3v) is 9.60. The van der Waals surface area contributed by atoms with Gasteiger partial charge in [-0.1, -0.05) is 13.8 Å². The molecule has 4 heterocycles. The fourth-order valence-electron chi connectivity index (χ4n) is 6.97. The number of aliphatic hydroxyl groups excluding tert-OH is 3. The number of aryl methyl sites for hydroxylation is 2. The molecule has 0 radical (unpaired) electrons. The van der Waals surface area contributed by atoms with E-state index in [0.717, 1.165) is 33.3 Å². The molecular weight excluding hydrogens is 718 g/mol. The number of carbonyl (C=O) groups excluding carboxylic acids is 2. The molecule has 6 bridgehead atoms. The minimum Gasteiger partial charge on any atom is -0.493 e. The van der Waals surface area contributed by atoms with Gasteiger partial charge in [-0.05, 0) is 91.9 Å². The lowest BCUT2D eigenvalue weighted by Crippen LogP contribution is -2.06. The van der Waals surface area contributed by atoms with Crippen LogP contribution in [0.4, 0.5) is 0 Å². The molecule has 4 N–H and O–H groups in total. The number of methoxy groups -OCH3 is 1. The highest BCUT2D eigenvalue weighted by Gasteiger charge is 2.30. The largest absolute Gasteiger partial charge is 0.493 e. The van der Waals surface area contributed by atoms with E-state index in [2.05, 4.69) is 18.8 Å². The lowest BCUT2D eigenvalue weighted by molar-refractivity contribution is -0.133. The van der Waals surface area contributed by atoms with Gasteiger partial charge in [0.2, 0.25) is 5.88 Å². The number of aliphatic hydroxyl groups is 3. The van der Waals surface area contributed by atoms with Gasteiger partial charge in [-0.15, -0.1) is 0 Å². The topological polar surface area (TPSA) is 199 Å². The van der Waals surface area contributed by atoms with Gasteiger partial charge in [-0.3, -0.25) is 14.6 Å². The Morgan fingerprint density at radius 3 is 1.96 bits per heavy atom. The third kappa shape index (κ3) is 8.99. The Balaban J connectivity index is 2.09. The van der Waals surface area contributed by atoms with Gasteiger partial charge in [0.15, 0.2) is 17.2 Å². The molecule has 0 atom stereocenters. The number of fused-ring (bicyclic) bond motifs is 7. The van der Waals surface area contributed by atoms with E-state index in [1.165, 1.54) is 21.0 Å². The van der Waals surface area contributed by atoms with E-state index in [-0.39, 0.29) is 49.3 Å². The van der Waals surface area contributed by atoms with Crippen LogP contribution < -0.4 is 18.9 Å². The monoisotopic (exact) mass is 769 g/mol. The predicted molar refractivity (Wildman–Crippen MR) is 214 cm³/mol. The molecule has 0 spiro atoms. The number of nitrogens with zero attached hydrogens (tertiary/aromatic N) is 4. The second-order valence-electron chi connectivity index (χ2n) is 13.4. The zero-order chi connectivity index (χ0) is 40.5. The molecule has 56 heavy (non-hydrogen) atoms. The van der Waals surface area contributed by atoms with E-state index in [9.17, 15) is 24.9 Å². The van der Waals surface area contributed by atoms with Gasteiger partial charge in [0, 0.05) is 57.7 Å². The third-order valence-electron chi connectivity index (χ3n) is 9.60. The van der Waals surface area contributed by atoms with E-state index in [1.54, 1.807) is 25.3 Å². The Labute approximate surface area is 326 Å². The molecule has 2 aliphatic heterocycles. The average molecular weight is 770 g/mol. The zero-order valence-corrected chi connectivity index (χ0v) is 33.2. The normalized spacial score (nSPS) is 12.5. The summed E-state index contributed by atoms with van der Waals surface area (Å²) < 4.78 is 23.5. The molecule has 14 nitrogen and oxygen atoms in total. The maximum Gasteiger partial charge on any atom is 0.309 e.